The number of anilines is 2. The van der Waals surface area contributed by atoms with Crippen LogP contribution in [0.4, 0.5) is 11.4 Å². The van der Waals surface area contributed by atoms with Crippen molar-refractivity contribution in [3.63, 3.8) is 0 Å². The van der Waals surface area contributed by atoms with Gasteiger partial charge in [0.2, 0.25) is 5.91 Å². The Morgan fingerprint density at radius 2 is 1.12 bits per heavy atom. The standard InChI is InChI=1S/C32H46N2O7/c1-7-10-11-12-13-14-23-33(25-15-19-27(38-5)20-16-25)29(31(36)40-8-2)30(32(37)41-9-3)34(24(4)35)26-17-21-28(39-6)22-18-26/h15-22,29-30H,7-14,23H2,1-6H3/t29-,30+/m1/s1. The molecule has 2 rings (SSSR count). The third kappa shape index (κ3) is 9.69. The Labute approximate surface area is 244 Å². The van der Waals surface area contributed by atoms with E-state index in [-0.39, 0.29) is 13.2 Å². The summed E-state index contributed by atoms with van der Waals surface area (Å²) in [7, 11) is 3.13. The smallest absolute Gasteiger partial charge is 0.332 e. The maximum atomic E-state index is 13.8. The van der Waals surface area contributed by atoms with Crippen molar-refractivity contribution in [3.05, 3.63) is 48.5 Å². The van der Waals surface area contributed by atoms with E-state index in [0.29, 0.717) is 29.4 Å². The van der Waals surface area contributed by atoms with Crippen LogP contribution in [0.5, 0.6) is 11.5 Å². The maximum absolute atomic E-state index is 13.8. The van der Waals surface area contributed by atoms with Gasteiger partial charge in [0.05, 0.1) is 27.4 Å². The van der Waals surface area contributed by atoms with Crippen molar-refractivity contribution in [3.8, 4) is 11.5 Å². The molecule has 9 nitrogen and oxygen atoms in total. The molecule has 0 saturated carbocycles. The Morgan fingerprint density at radius 1 is 0.659 bits per heavy atom. The first-order valence-corrected chi connectivity index (χ1v) is 14.5. The van der Waals surface area contributed by atoms with E-state index in [1.807, 2.05) is 17.0 Å². The first kappa shape index (κ1) is 33.5. The van der Waals surface area contributed by atoms with Crippen LogP contribution in [0.1, 0.15) is 66.2 Å². The number of ether oxygens (including phenoxy) is 4. The van der Waals surface area contributed by atoms with Crippen molar-refractivity contribution in [1.29, 1.82) is 0 Å². The Hall–Kier alpha value is -3.75. The number of methoxy groups -OCH3 is 2. The second-order valence-electron chi connectivity index (χ2n) is 9.64. The summed E-state index contributed by atoms with van der Waals surface area (Å²) in [5.41, 5.74) is 1.13. The lowest BCUT2D eigenvalue weighted by atomic mass is 10.0. The minimum atomic E-state index is -1.32. The van der Waals surface area contributed by atoms with Crippen LogP contribution >= 0.6 is 0 Å². The quantitative estimate of drug-likeness (QED) is 0.164. The normalized spacial score (nSPS) is 12.1. The van der Waals surface area contributed by atoms with Crippen molar-refractivity contribution >= 4 is 29.2 Å². The molecule has 0 aromatic heterocycles. The van der Waals surface area contributed by atoms with Gasteiger partial charge in [-0.3, -0.25) is 9.69 Å². The zero-order valence-corrected chi connectivity index (χ0v) is 25.4. The Bertz CT molecular complexity index is 1070. The summed E-state index contributed by atoms with van der Waals surface area (Å²) >= 11 is 0. The molecule has 0 saturated heterocycles. The molecule has 0 radical (unpaired) electrons. The second-order valence-corrected chi connectivity index (χ2v) is 9.64. The van der Waals surface area contributed by atoms with E-state index in [1.165, 1.54) is 18.2 Å². The fourth-order valence-electron chi connectivity index (χ4n) is 4.80. The van der Waals surface area contributed by atoms with Gasteiger partial charge in [0.25, 0.3) is 0 Å². The SMILES string of the molecule is CCCCCCCCN(c1ccc(OC)cc1)[C@@H](C(=O)OCC)[C@@H](C(=O)OCC)N(C(C)=O)c1ccc(OC)cc1. The van der Waals surface area contributed by atoms with E-state index in [1.54, 1.807) is 64.5 Å². The largest absolute Gasteiger partial charge is 0.497 e. The molecule has 0 aliphatic carbocycles. The molecule has 226 valence electrons. The fraction of sp³-hybridized carbons (Fsp3) is 0.531. The highest BCUT2D eigenvalue weighted by molar-refractivity contribution is 6.02. The van der Waals surface area contributed by atoms with Gasteiger partial charge in [-0.25, -0.2) is 9.59 Å². The number of carbonyl (C=O) groups is 3. The van der Waals surface area contributed by atoms with E-state index in [9.17, 15) is 14.4 Å². The third-order valence-electron chi connectivity index (χ3n) is 6.82. The highest BCUT2D eigenvalue weighted by atomic mass is 16.5. The summed E-state index contributed by atoms with van der Waals surface area (Å²) in [6, 6.07) is 11.6. The van der Waals surface area contributed by atoms with Crippen LogP contribution < -0.4 is 19.3 Å². The third-order valence-corrected chi connectivity index (χ3v) is 6.82. The average Bonchev–Trinajstić information content (AvgIpc) is 2.97. The number of nitrogens with zero attached hydrogens (tertiary/aromatic N) is 2. The van der Waals surface area contributed by atoms with Gasteiger partial charge in [0.15, 0.2) is 12.1 Å². The van der Waals surface area contributed by atoms with Crippen molar-refractivity contribution < 1.29 is 33.3 Å². The minimum absolute atomic E-state index is 0.0825. The highest BCUT2D eigenvalue weighted by Gasteiger charge is 2.46. The van der Waals surface area contributed by atoms with Crippen molar-refractivity contribution in [2.45, 2.75) is 78.3 Å². The molecule has 9 heteroatoms. The van der Waals surface area contributed by atoms with Crippen molar-refractivity contribution in [1.82, 2.24) is 0 Å². The predicted octanol–water partition coefficient (Wildman–Crippen LogP) is 5.79. The fourth-order valence-corrected chi connectivity index (χ4v) is 4.80. The van der Waals surface area contributed by atoms with Crippen LogP contribution in [0.3, 0.4) is 0 Å². The van der Waals surface area contributed by atoms with E-state index < -0.39 is 29.9 Å². The first-order chi connectivity index (χ1) is 19.8. The van der Waals surface area contributed by atoms with Gasteiger partial charge in [-0.15, -0.1) is 0 Å². The summed E-state index contributed by atoms with van der Waals surface area (Å²) in [4.78, 5) is 43.9. The summed E-state index contributed by atoms with van der Waals surface area (Å²) in [5.74, 6) is -0.483. The number of unbranched alkanes of at least 4 members (excludes halogenated alkanes) is 5. The van der Waals surface area contributed by atoms with Gasteiger partial charge >= 0.3 is 11.9 Å². The van der Waals surface area contributed by atoms with Gasteiger partial charge < -0.3 is 23.8 Å². The highest BCUT2D eigenvalue weighted by Crippen LogP contribution is 2.30. The van der Waals surface area contributed by atoms with Crippen LogP contribution in [0.15, 0.2) is 48.5 Å². The van der Waals surface area contributed by atoms with Crippen molar-refractivity contribution in [2.24, 2.45) is 0 Å². The number of hydrogen-bond acceptors (Lipinski definition) is 8. The van der Waals surface area contributed by atoms with E-state index in [0.717, 1.165) is 32.1 Å². The monoisotopic (exact) mass is 570 g/mol. The molecule has 0 bridgehead atoms. The molecule has 0 spiro atoms. The number of rotatable bonds is 18. The zero-order valence-electron chi connectivity index (χ0n) is 25.4. The van der Waals surface area contributed by atoms with Crippen LogP contribution in [-0.4, -0.2) is 63.9 Å². The minimum Gasteiger partial charge on any atom is -0.497 e. The molecule has 2 aromatic carbocycles. The summed E-state index contributed by atoms with van der Waals surface area (Å²) < 4.78 is 21.7. The number of esters is 2. The summed E-state index contributed by atoms with van der Waals surface area (Å²) in [5, 5.41) is 0. The lowest BCUT2D eigenvalue weighted by Crippen LogP contribution is -2.61. The molecule has 2 atom stereocenters. The molecule has 0 unspecified atom stereocenters. The van der Waals surface area contributed by atoms with Gasteiger partial charge in [0, 0.05) is 24.8 Å². The Morgan fingerprint density at radius 3 is 1.59 bits per heavy atom. The van der Waals surface area contributed by atoms with Crippen LogP contribution in [0.2, 0.25) is 0 Å². The summed E-state index contributed by atoms with van der Waals surface area (Å²) in [6.45, 7) is 7.61. The lowest BCUT2D eigenvalue weighted by Gasteiger charge is -2.40. The van der Waals surface area contributed by atoms with E-state index >= 15 is 0 Å². The lowest BCUT2D eigenvalue weighted by molar-refractivity contribution is -0.153. The van der Waals surface area contributed by atoms with Crippen LogP contribution in [0.25, 0.3) is 0 Å². The predicted molar refractivity (Wildman–Crippen MR) is 161 cm³/mol. The molecule has 41 heavy (non-hydrogen) atoms. The van der Waals surface area contributed by atoms with Gasteiger partial charge in [-0.2, -0.15) is 0 Å². The maximum Gasteiger partial charge on any atom is 0.332 e. The average molecular weight is 571 g/mol. The molecule has 2 aromatic rings. The molecule has 0 heterocycles. The molecular formula is C32H46N2O7. The molecule has 0 fully saturated rings. The van der Waals surface area contributed by atoms with Gasteiger partial charge in [-0.1, -0.05) is 39.0 Å². The number of hydrogen-bond donors (Lipinski definition) is 0. The summed E-state index contributed by atoms with van der Waals surface area (Å²) in [6.07, 6.45) is 6.28. The Balaban J connectivity index is 2.67. The van der Waals surface area contributed by atoms with Crippen LogP contribution in [-0.2, 0) is 23.9 Å². The molecule has 1 amide bonds. The van der Waals surface area contributed by atoms with Crippen LogP contribution in [0, 0.1) is 0 Å². The van der Waals surface area contributed by atoms with Gasteiger partial charge in [-0.05, 0) is 68.8 Å². The van der Waals surface area contributed by atoms with Gasteiger partial charge in [0.1, 0.15) is 11.5 Å². The van der Waals surface area contributed by atoms with E-state index in [2.05, 4.69) is 6.92 Å². The molecule has 0 aliphatic rings. The number of carbonyl (C=O) groups excluding carboxylic acids is 3. The topological polar surface area (TPSA) is 94.6 Å². The first-order valence-electron chi connectivity index (χ1n) is 14.5. The van der Waals surface area contributed by atoms with E-state index in [4.69, 9.17) is 18.9 Å². The van der Waals surface area contributed by atoms with Crippen molar-refractivity contribution in [2.75, 3.05) is 43.8 Å². The Kier molecular flexibility index (Phi) is 14.6. The second kappa shape index (κ2) is 17.8. The number of amides is 1. The molecule has 0 N–H and O–H groups in total. The zero-order chi connectivity index (χ0) is 30.2. The molecular weight excluding hydrogens is 524 g/mol. The molecule has 0 aliphatic heterocycles. The number of benzene rings is 2.